The zero-order valence-electron chi connectivity index (χ0n) is 20.0. The van der Waals surface area contributed by atoms with E-state index in [1.54, 1.807) is 23.1 Å². The van der Waals surface area contributed by atoms with Crippen LogP contribution in [0.5, 0.6) is 5.75 Å². The number of halogens is 2. The van der Waals surface area contributed by atoms with E-state index in [1.165, 1.54) is 25.3 Å². The molecule has 1 aliphatic rings. The molecule has 1 fully saturated rings. The van der Waals surface area contributed by atoms with Crippen LogP contribution in [-0.2, 0) is 0 Å². The summed E-state index contributed by atoms with van der Waals surface area (Å²) >= 11 is 6.23. The Morgan fingerprint density at radius 3 is 2.28 bits per heavy atom. The number of carbonyl (C=O) groups is 2. The second-order valence-electron chi connectivity index (χ2n) is 8.36. The van der Waals surface area contributed by atoms with Gasteiger partial charge in [-0.1, -0.05) is 17.7 Å². The molecule has 3 N–H and O–H groups in total. The summed E-state index contributed by atoms with van der Waals surface area (Å²) in [6, 6.07) is 16.1. The van der Waals surface area contributed by atoms with Gasteiger partial charge in [0, 0.05) is 43.6 Å². The highest BCUT2D eigenvalue weighted by atomic mass is 35.5. The van der Waals surface area contributed by atoms with Crippen molar-refractivity contribution in [1.82, 2.24) is 4.90 Å². The van der Waals surface area contributed by atoms with Crippen LogP contribution in [0, 0.1) is 12.7 Å². The minimum Gasteiger partial charge on any atom is -0.495 e. The normalized spacial score (nSPS) is 13.2. The minimum absolute atomic E-state index is 0.180. The van der Waals surface area contributed by atoms with Crippen LogP contribution in [0.3, 0.4) is 0 Å². The van der Waals surface area contributed by atoms with Gasteiger partial charge in [-0.2, -0.15) is 0 Å². The van der Waals surface area contributed by atoms with Crippen molar-refractivity contribution in [3.63, 3.8) is 0 Å². The third-order valence-corrected chi connectivity index (χ3v) is 6.15. The molecule has 0 saturated carbocycles. The third-order valence-electron chi connectivity index (χ3n) is 5.83. The number of urea groups is 2. The Bertz CT molecular complexity index is 1250. The van der Waals surface area contributed by atoms with Gasteiger partial charge in [0.1, 0.15) is 11.6 Å². The summed E-state index contributed by atoms with van der Waals surface area (Å²) in [6.45, 7) is 4.40. The van der Waals surface area contributed by atoms with E-state index in [0.717, 1.165) is 11.3 Å². The Balaban J connectivity index is 1.28. The number of aryl methyl sites for hydroxylation is 1. The first-order valence-electron chi connectivity index (χ1n) is 11.4. The highest BCUT2D eigenvalue weighted by Crippen LogP contribution is 2.26. The molecule has 0 atom stereocenters. The van der Waals surface area contributed by atoms with E-state index in [0.29, 0.717) is 48.3 Å². The molecule has 0 radical (unpaired) electrons. The fourth-order valence-corrected chi connectivity index (χ4v) is 4.18. The molecule has 4 rings (SSSR count). The lowest BCUT2D eigenvalue weighted by Gasteiger charge is -2.36. The summed E-state index contributed by atoms with van der Waals surface area (Å²) in [4.78, 5) is 28.9. The highest BCUT2D eigenvalue weighted by molar-refractivity contribution is 6.33. The van der Waals surface area contributed by atoms with Crippen LogP contribution in [0.15, 0.2) is 60.7 Å². The maximum absolute atomic E-state index is 13.5. The zero-order chi connectivity index (χ0) is 25.7. The Labute approximate surface area is 214 Å². The summed E-state index contributed by atoms with van der Waals surface area (Å²) in [5, 5.41) is 8.71. The van der Waals surface area contributed by atoms with Crippen LogP contribution in [0.4, 0.5) is 36.7 Å². The second kappa shape index (κ2) is 11.2. The molecular weight excluding hydrogens is 485 g/mol. The number of hydrogen-bond donors (Lipinski definition) is 3. The largest absolute Gasteiger partial charge is 0.495 e. The number of ether oxygens (including phenoxy) is 1. The predicted octanol–water partition coefficient (Wildman–Crippen LogP) is 5.79. The number of methoxy groups -OCH3 is 1. The lowest BCUT2D eigenvalue weighted by atomic mass is 10.2. The van der Waals surface area contributed by atoms with Gasteiger partial charge in [0.25, 0.3) is 0 Å². The first kappa shape index (κ1) is 25.1. The van der Waals surface area contributed by atoms with Crippen molar-refractivity contribution in [2.45, 2.75) is 6.92 Å². The van der Waals surface area contributed by atoms with Crippen LogP contribution in [-0.4, -0.2) is 50.3 Å². The lowest BCUT2D eigenvalue weighted by Crippen LogP contribution is -2.50. The minimum atomic E-state index is -0.514. The molecule has 1 saturated heterocycles. The van der Waals surface area contributed by atoms with Crippen molar-refractivity contribution in [3.8, 4) is 5.75 Å². The van der Waals surface area contributed by atoms with E-state index in [9.17, 15) is 14.0 Å². The second-order valence-corrected chi connectivity index (χ2v) is 8.77. The molecule has 8 nitrogen and oxygen atoms in total. The van der Waals surface area contributed by atoms with E-state index in [1.807, 2.05) is 31.2 Å². The van der Waals surface area contributed by atoms with Gasteiger partial charge in [-0.05, 0) is 61.0 Å². The van der Waals surface area contributed by atoms with Gasteiger partial charge >= 0.3 is 12.1 Å². The topological polar surface area (TPSA) is 85.9 Å². The van der Waals surface area contributed by atoms with E-state index in [-0.39, 0.29) is 11.7 Å². The maximum Gasteiger partial charge on any atom is 0.323 e. The number of piperazine rings is 1. The number of anilines is 4. The first-order valence-corrected chi connectivity index (χ1v) is 11.8. The number of benzene rings is 3. The van der Waals surface area contributed by atoms with Gasteiger partial charge in [-0.25, -0.2) is 14.0 Å². The molecular formula is C26H27ClFN5O3. The number of nitrogens with one attached hydrogen (secondary N) is 3. The predicted molar refractivity (Wildman–Crippen MR) is 141 cm³/mol. The molecule has 0 unspecified atom stereocenters. The summed E-state index contributed by atoms with van der Waals surface area (Å²) in [6.07, 6.45) is 0. The van der Waals surface area contributed by atoms with Gasteiger partial charge in [0.2, 0.25) is 0 Å². The lowest BCUT2D eigenvalue weighted by molar-refractivity contribution is 0.208. The van der Waals surface area contributed by atoms with Gasteiger partial charge in [-0.15, -0.1) is 0 Å². The zero-order valence-corrected chi connectivity index (χ0v) is 20.7. The maximum atomic E-state index is 13.5. The molecule has 4 amide bonds. The van der Waals surface area contributed by atoms with Crippen molar-refractivity contribution in [3.05, 3.63) is 77.1 Å². The standard InChI is InChI=1S/C26H27ClFN5O3/c1-17-3-9-22(21(27)15-17)31-26(35)33-13-11-32(12-14-33)20-7-5-19(6-8-20)29-25(34)30-23-16-18(28)4-10-24(23)36-2/h3-10,15-16H,11-14H2,1-2H3,(H,31,35)(H2,29,30,34). The number of nitrogens with zero attached hydrogens (tertiary/aromatic N) is 2. The molecule has 0 spiro atoms. The fourth-order valence-electron chi connectivity index (χ4n) is 3.90. The fraction of sp³-hybridized carbons (Fsp3) is 0.231. The van der Waals surface area contributed by atoms with E-state index >= 15 is 0 Å². The van der Waals surface area contributed by atoms with Crippen LogP contribution in [0.25, 0.3) is 0 Å². The molecule has 0 aliphatic carbocycles. The molecule has 1 aliphatic heterocycles. The van der Waals surface area contributed by atoms with Gasteiger partial charge in [0.15, 0.2) is 0 Å². The molecule has 3 aromatic carbocycles. The molecule has 0 aromatic heterocycles. The summed E-state index contributed by atoms with van der Waals surface area (Å²) in [5.74, 6) is -0.122. The molecule has 1 heterocycles. The summed E-state index contributed by atoms with van der Waals surface area (Å²) < 4.78 is 18.7. The van der Waals surface area contributed by atoms with Crippen LogP contribution in [0.1, 0.15) is 5.56 Å². The molecule has 36 heavy (non-hydrogen) atoms. The Morgan fingerprint density at radius 2 is 1.61 bits per heavy atom. The number of hydrogen-bond acceptors (Lipinski definition) is 4. The third kappa shape index (κ3) is 6.17. The monoisotopic (exact) mass is 511 g/mol. The van der Waals surface area contributed by atoms with Crippen LogP contribution in [0.2, 0.25) is 5.02 Å². The molecule has 10 heteroatoms. The Morgan fingerprint density at radius 1 is 0.889 bits per heavy atom. The molecule has 3 aromatic rings. The van der Waals surface area contributed by atoms with Crippen molar-refractivity contribution in [2.24, 2.45) is 0 Å². The van der Waals surface area contributed by atoms with Crippen molar-refractivity contribution < 1.29 is 18.7 Å². The number of rotatable bonds is 5. The van der Waals surface area contributed by atoms with Crippen LogP contribution < -0.4 is 25.6 Å². The van der Waals surface area contributed by atoms with Crippen molar-refractivity contribution in [2.75, 3.05) is 54.1 Å². The quantitative estimate of drug-likeness (QED) is 0.404. The summed E-state index contributed by atoms with van der Waals surface area (Å²) in [5.41, 5.74) is 3.42. The van der Waals surface area contributed by atoms with Gasteiger partial charge < -0.3 is 30.5 Å². The van der Waals surface area contributed by atoms with E-state index < -0.39 is 11.8 Å². The van der Waals surface area contributed by atoms with Gasteiger partial charge in [-0.3, -0.25) is 0 Å². The van der Waals surface area contributed by atoms with E-state index in [2.05, 4.69) is 20.9 Å². The Hall–Kier alpha value is -3.98. The smallest absolute Gasteiger partial charge is 0.323 e. The highest BCUT2D eigenvalue weighted by Gasteiger charge is 2.22. The Kier molecular flexibility index (Phi) is 7.80. The molecule has 0 bridgehead atoms. The summed E-state index contributed by atoms with van der Waals surface area (Å²) in [7, 11) is 1.45. The average molecular weight is 512 g/mol. The van der Waals surface area contributed by atoms with Crippen molar-refractivity contribution in [1.29, 1.82) is 0 Å². The van der Waals surface area contributed by atoms with E-state index in [4.69, 9.17) is 16.3 Å². The van der Waals surface area contributed by atoms with Crippen molar-refractivity contribution >= 4 is 46.4 Å². The SMILES string of the molecule is COc1ccc(F)cc1NC(=O)Nc1ccc(N2CCN(C(=O)Nc3ccc(C)cc3Cl)CC2)cc1. The number of carbonyl (C=O) groups excluding carboxylic acids is 2. The average Bonchev–Trinajstić information content (AvgIpc) is 2.86. The number of amides is 4. The van der Waals surface area contributed by atoms with Crippen LogP contribution >= 0.6 is 11.6 Å². The van der Waals surface area contributed by atoms with Gasteiger partial charge in [0.05, 0.1) is 23.5 Å². The first-order chi connectivity index (χ1) is 17.3. The molecule has 188 valence electrons.